The molecule has 0 radical (unpaired) electrons. The van der Waals surface area contributed by atoms with E-state index in [0.29, 0.717) is 6.61 Å². The Hall–Kier alpha value is -1.91. The van der Waals surface area contributed by atoms with Crippen LogP contribution in [0.5, 0.6) is 0 Å². The van der Waals surface area contributed by atoms with E-state index in [2.05, 4.69) is 46.5 Å². The minimum absolute atomic E-state index is 0.645. The summed E-state index contributed by atoms with van der Waals surface area (Å²) in [6.45, 7) is 5.21. The van der Waals surface area contributed by atoms with Crippen LogP contribution in [0.15, 0.2) is 41.6 Å². The van der Waals surface area contributed by atoms with Gasteiger partial charge in [0.15, 0.2) is 0 Å². The van der Waals surface area contributed by atoms with Crippen LogP contribution in [0.2, 0.25) is 0 Å². The maximum absolute atomic E-state index is 5.59. The normalized spacial score (nSPS) is 20.1. The highest BCUT2D eigenvalue weighted by Gasteiger charge is 2.20. The summed E-state index contributed by atoms with van der Waals surface area (Å²) in [6, 6.07) is 12.9. The molecule has 0 bridgehead atoms. The van der Waals surface area contributed by atoms with Gasteiger partial charge in [-0.1, -0.05) is 41.6 Å². The SMILES string of the molecule is c1ccc2c3c(ccc2c1)/C(=N/OCCN1CCOCC1)CC3. The van der Waals surface area contributed by atoms with Crippen molar-refractivity contribution in [2.75, 3.05) is 39.5 Å². The highest BCUT2D eigenvalue weighted by Crippen LogP contribution is 2.30. The second-order valence-electron chi connectivity index (χ2n) is 6.14. The van der Waals surface area contributed by atoms with Gasteiger partial charge in [0, 0.05) is 25.2 Å². The Morgan fingerprint density at radius 2 is 1.91 bits per heavy atom. The van der Waals surface area contributed by atoms with Crippen LogP contribution in [0.4, 0.5) is 0 Å². The maximum atomic E-state index is 5.59. The van der Waals surface area contributed by atoms with Crippen LogP contribution in [-0.4, -0.2) is 50.1 Å². The van der Waals surface area contributed by atoms with Gasteiger partial charge in [-0.25, -0.2) is 0 Å². The minimum Gasteiger partial charge on any atom is -0.394 e. The molecular weight excluding hydrogens is 288 g/mol. The first-order valence-electron chi connectivity index (χ1n) is 8.42. The molecule has 1 aliphatic heterocycles. The molecule has 4 nitrogen and oxygen atoms in total. The third kappa shape index (κ3) is 3.09. The quantitative estimate of drug-likeness (QED) is 0.643. The van der Waals surface area contributed by atoms with E-state index in [-0.39, 0.29) is 0 Å². The van der Waals surface area contributed by atoms with Crippen molar-refractivity contribution in [2.24, 2.45) is 5.16 Å². The van der Waals surface area contributed by atoms with Crippen molar-refractivity contribution < 1.29 is 9.57 Å². The van der Waals surface area contributed by atoms with Crippen LogP contribution in [0, 0.1) is 0 Å². The number of morpholine rings is 1. The summed E-state index contributed by atoms with van der Waals surface area (Å²) in [5.74, 6) is 0. The summed E-state index contributed by atoms with van der Waals surface area (Å²) < 4.78 is 5.35. The number of fused-ring (bicyclic) bond motifs is 3. The molecule has 2 aromatic rings. The Bertz CT molecular complexity index is 720. The summed E-state index contributed by atoms with van der Waals surface area (Å²) in [5.41, 5.74) is 3.77. The van der Waals surface area contributed by atoms with Gasteiger partial charge in [0.05, 0.1) is 18.9 Å². The van der Waals surface area contributed by atoms with Crippen molar-refractivity contribution in [1.29, 1.82) is 0 Å². The molecule has 0 N–H and O–H groups in total. The molecule has 0 atom stereocenters. The molecule has 120 valence electrons. The van der Waals surface area contributed by atoms with E-state index in [1.165, 1.54) is 21.9 Å². The van der Waals surface area contributed by atoms with Crippen LogP contribution < -0.4 is 0 Å². The topological polar surface area (TPSA) is 34.1 Å². The van der Waals surface area contributed by atoms with Crippen molar-refractivity contribution in [3.63, 3.8) is 0 Å². The first kappa shape index (κ1) is 14.7. The number of rotatable bonds is 4. The van der Waals surface area contributed by atoms with Crippen LogP contribution in [0.25, 0.3) is 10.8 Å². The second kappa shape index (κ2) is 6.69. The molecule has 1 aliphatic carbocycles. The average molecular weight is 310 g/mol. The average Bonchev–Trinajstić information content (AvgIpc) is 3.03. The highest BCUT2D eigenvalue weighted by atomic mass is 16.6. The molecule has 0 spiro atoms. The lowest BCUT2D eigenvalue weighted by atomic mass is 10.0. The zero-order valence-electron chi connectivity index (χ0n) is 13.3. The fourth-order valence-corrected chi connectivity index (χ4v) is 3.47. The van der Waals surface area contributed by atoms with Crippen molar-refractivity contribution in [3.8, 4) is 0 Å². The van der Waals surface area contributed by atoms with Crippen molar-refractivity contribution in [2.45, 2.75) is 12.8 Å². The van der Waals surface area contributed by atoms with Gasteiger partial charge in [0.1, 0.15) is 6.61 Å². The number of nitrogens with zero attached hydrogens (tertiary/aromatic N) is 2. The molecule has 0 unspecified atom stereocenters. The Balaban J connectivity index is 1.42. The number of benzene rings is 2. The molecule has 0 saturated carbocycles. The van der Waals surface area contributed by atoms with E-state index in [1.807, 2.05) is 0 Å². The summed E-state index contributed by atoms with van der Waals surface area (Å²) in [5, 5.41) is 7.07. The Morgan fingerprint density at radius 3 is 2.83 bits per heavy atom. The van der Waals surface area contributed by atoms with Gasteiger partial charge >= 0.3 is 0 Å². The van der Waals surface area contributed by atoms with Crippen molar-refractivity contribution >= 4 is 16.5 Å². The summed E-state index contributed by atoms with van der Waals surface area (Å²) in [6.07, 6.45) is 2.03. The number of aryl methyl sites for hydroxylation is 1. The molecule has 1 saturated heterocycles. The van der Waals surface area contributed by atoms with Gasteiger partial charge in [0.2, 0.25) is 0 Å². The Morgan fingerprint density at radius 1 is 1.04 bits per heavy atom. The molecule has 4 heteroatoms. The first-order valence-corrected chi connectivity index (χ1v) is 8.42. The molecule has 0 aromatic heterocycles. The van der Waals surface area contributed by atoms with E-state index < -0.39 is 0 Å². The van der Waals surface area contributed by atoms with Crippen LogP contribution in [0.1, 0.15) is 17.5 Å². The monoisotopic (exact) mass is 310 g/mol. The van der Waals surface area contributed by atoms with Crippen LogP contribution >= 0.6 is 0 Å². The smallest absolute Gasteiger partial charge is 0.129 e. The van der Waals surface area contributed by atoms with E-state index in [0.717, 1.165) is 51.4 Å². The fourth-order valence-electron chi connectivity index (χ4n) is 3.47. The van der Waals surface area contributed by atoms with Gasteiger partial charge in [0.25, 0.3) is 0 Å². The van der Waals surface area contributed by atoms with E-state index >= 15 is 0 Å². The number of oxime groups is 1. The molecule has 23 heavy (non-hydrogen) atoms. The highest BCUT2D eigenvalue weighted by molar-refractivity contribution is 6.08. The number of hydrogen-bond acceptors (Lipinski definition) is 4. The first-order chi connectivity index (χ1) is 11.4. The lowest BCUT2D eigenvalue weighted by molar-refractivity contribution is 0.0212. The van der Waals surface area contributed by atoms with Gasteiger partial charge < -0.3 is 9.57 Å². The zero-order valence-corrected chi connectivity index (χ0v) is 13.3. The van der Waals surface area contributed by atoms with Gasteiger partial charge in [-0.05, 0) is 29.2 Å². The van der Waals surface area contributed by atoms with Crippen molar-refractivity contribution in [1.82, 2.24) is 4.90 Å². The predicted octanol–water partition coefficient (Wildman–Crippen LogP) is 2.84. The third-order valence-corrected chi connectivity index (χ3v) is 4.74. The van der Waals surface area contributed by atoms with Gasteiger partial charge in [-0.2, -0.15) is 0 Å². The summed E-state index contributed by atoms with van der Waals surface area (Å²) in [7, 11) is 0. The number of ether oxygens (including phenoxy) is 1. The van der Waals surface area contributed by atoms with Crippen LogP contribution in [0.3, 0.4) is 0 Å². The summed E-state index contributed by atoms with van der Waals surface area (Å²) >= 11 is 0. The molecule has 0 amide bonds. The summed E-state index contributed by atoms with van der Waals surface area (Å²) in [4.78, 5) is 7.96. The zero-order chi connectivity index (χ0) is 15.5. The standard InChI is InChI=1S/C19H22N2O2/c1-2-4-16-15(3-1)5-6-18-17(16)7-8-19(18)20-23-14-11-21-9-12-22-13-10-21/h1-6H,7-14H2/b20-19+. The molecular formula is C19H22N2O2. The Labute approximate surface area is 136 Å². The minimum atomic E-state index is 0.645. The van der Waals surface area contributed by atoms with E-state index in [9.17, 15) is 0 Å². The largest absolute Gasteiger partial charge is 0.394 e. The molecule has 1 fully saturated rings. The lowest BCUT2D eigenvalue weighted by Crippen LogP contribution is -2.38. The predicted molar refractivity (Wildman–Crippen MR) is 92.0 cm³/mol. The molecule has 2 aromatic carbocycles. The second-order valence-corrected chi connectivity index (χ2v) is 6.14. The maximum Gasteiger partial charge on any atom is 0.129 e. The van der Waals surface area contributed by atoms with E-state index in [4.69, 9.17) is 9.57 Å². The van der Waals surface area contributed by atoms with E-state index in [1.54, 1.807) is 0 Å². The van der Waals surface area contributed by atoms with Gasteiger partial charge in [-0.3, -0.25) is 4.90 Å². The third-order valence-electron chi connectivity index (χ3n) is 4.74. The fraction of sp³-hybridized carbons (Fsp3) is 0.421. The molecule has 1 heterocycles. The lowest BCUT2D eigenvalue weighted by Gasteiger charge is -2.25. The van der Waals surface area contributed by atoms with Gasteiger partial charge in [-0.15, -0.1) is 0 Å². The molecule has 2 aliphatic rings. The molecule has 4 rings (SSSR count). The number of hydrogen-bond donors (Lipinski definition) is 0. The Kier molecular flexibility index (Phi) is 4.26. The van der Waals surface area contributed by atoms with Crippen molar-refractivity contribution in [3.05, 3.63) is 47.5 Å². The van der Waals surface area contributed by atoms with Crippen LogP contribution in [-0.2, 0) is 16.0 Å².